The van der Waals surface area contributed by atoms with Crippen LogP contribution in [0.2, 0.25) is 10.0 Å². The van der Waals surface area contributed by atoms with Gasteiger partial charge in [0.25, 0.3) is 5.91 Å². The van der Waals surface area contributed by atoms with Crippen LogP contribution in [0.1, 0.15) is 16.1 Å². The minimum absolute atomic E-state index is 0.0420. The zero-order valence-electron chi connectivity index (χ0n) is 12.7. The normalized spacial score (nSPS) is 10.3. The molecule has 0 bridgehead atoms. The van der Waals surface area contributed by atoms with Crippen LogP contribution in [0.15, 0.2) is 48.7 Å². The molecule has 0 fully saturated rings. The van der Waals surface area contributed by atoms with E-state index in [1.54, 1.807) is 48.7 Å². The Balaban J connectivity index is 2.03. The SMILES string of the molecule is N#Cc1ccc(Nc2cn(-c3c(Cl)cccc3Cl)nc2C(N)=O)cc1. The first-order valence-electron chi connectivity index (χ1n) is 7.10. The number of hydrogen-bond acceptors (Lipinski definition) is 4. The molecule has 0 saturated heterocycles. The van der Waals surface area contributed by atoms with Crippen molar-refractivity contribution in [1.82, 2.24) is 9.78 Å². The molecule has 1 amide bonds. The van der Waals surface area contributed by atoms with E-state index in [1.807, 2.05) is 6.07 Å². The number of para-hydroxylation sites is 1. The standard InChI is InChI=1S/C17H11Cl2N5O/c18-12-2-1-3-13(19)16(12)24-9-14(15(23-24)17(21)25)22-11-6-4-10(8-20)5-7-11/h1-7,9,22H,(H2,21,25). The lowest BCUT2D eigenvalue weighted by Crippen LogP contribution is -2.14. The minimum atomic E-state index is -0.696. The highest BCUT2D eigenvalue weighted by molar-refractivity contribution is 6.37. The van der Waals surface area contributed by atoms with Gasteiger partial charge in [0.2, 0.25) is 0 Å². The number of primary amides is 1. The van der Waals surface area contributed by atoms with E-state index < -0.39 is 5.91 Å². The van der Waals surface area contributed by atoms with Crippen LogP contribution in [-0.4, -0.2) is 15.7 Å². The molecule has 0 aliphatic rings. The van der Waals surface area contributed by atoms with E-state index in [9.17, 15) is 4.79 Å². The summed E-state index contributed by atoms with van der Waals surface area (Å²) in [4.78, 5) is 11.7. The Morgan fingerprint density at radius 1 is 1.16 bits per heavy atom. The van der Waals surface area contributed by atoms with E-state index in [0.717, 1.165) is 0 Å². The van der Waals surface area contributed by atoms with Crippen molar-refractivity contribution in [2.75, 3.05) is 5.32 Å². The summed E-state index contributed by atoms with van der Waals surface area (Å²) in [5.41, 5.74) is 7.50. The zero-order chi connectivity index (χ0) is 18.0. The summed E-state index contributed by atoms with van der Waals surface area (Å²) in [7, 11) is 0. The van der Waals surface area contributed by atoms with Gasteiger partial charge >= 0.3 is 0 Å². The first kappa shape index (κ1) is 16.8. The molecule has 0 atom stereocenters. The van der Waals surface area contributed by atoms with Crippen molar-refractivity contribution in [2.24, 2.45) is 5.73 Å². The fourth-order valence-corrected chi connectivity index (χ4v) is 2.82. The fourth-order valence-electron chi connectivity index (χ4n) is 2.25. The number of carbonyl (C=O) groups is 1. The van der Waals surface area contributed by atoms with Gasteiger partial charge in [0.15, 0.2) is 5.69 Å². The lowest BCUT2D eigenvalue weighted by atomic mass is 10.2. The highest BCUT2D eigenvalue weighted by Gasteiger charge is 2.18. The van der Waals surface area contributed by atoms with Crippen LogP contribution in [0, 0.1) is 11.3 Å². The molecule has 3 rings (SSSR count). The van der Waals surface area contributed by atoms with Crippen molar-refractivity contribution in [2.45, 2.75) is 0 Å². The molecular weight excluding hydrogens is 361 g/mol. The number of nitriles is 1. The van der Waals surface area contributed by atoms with Crippen LogP contribution in [-0.2, 0) is 0 Å². The Hall–Kier alpha value is -3.01. The predicted octanol–water partition coefficient (Wildman–Crippen LogP) is 3.89. The number of benzene rings is 2. The number of halogens is 2. The van der Waals surface area contributed by atoms with Gasteiger partial charge in [-0.3, -0.25) is 4.79 Å². The summed E-state index contributed by atoms with van der Waals surface area (Å²) in [6, 6.07) is 13.8. The number of nitrogens with two attached hydrogens (primary N) is 1. The van der Waals surface area contributed by atoms with Crippen LogP contribution < -0.4 is 11.1 Å². The monoisotopic (exact) mass is 371 g/mol. The molecule has 0 aliphatic carbocycles. The Morgan fingerprint density at radius 2 is 1.80 bits per heavy atom. The second-order valence-corrected chi connectivity index (χ2v) is 5.90. The molecule has 1 aromatic heterocycles. The van der Waals surface area contributed by atoms with Gasteiger partial charge in [0, 0.05) is 5.69 Å². The topological polar surface area (TPSA) is 96.7 Å². The smallest absolute Gasteiger partial charge is 0.271 e. The summed E-state index contributed by atoms with van der Waals surface area (Å²) in [5.74, 6) is -0.696. The molecule has 8 heteroatoms. The van der Waals surface area contributed by atoms with Crippen molar-refractivity contribution in [3.05, 3.63) is 70.0 Å². The first-order valence-corrected chi connectivity index (χ1v) is 7.86. The summed E-state index contributed by atoms with van der Waals surface area (Å²) in [6.07, 6.45) is 1.57. The van der Waals surface area contributed by atoms with Crippen molar-refractivity contribution in [3.8, 4) is 11.8 Å². The van der Waals surface area contributed by atoms with Gasteiger partial charge < -0.3 is 11.1 Å². The highest BCUT2D eigenvalue weighted by Crippen LogP contribution is 2.30. The maximum atomic E-state index is 11.7. The summed E-state index contributed by atoms with van der Waals surface area (Å²) in [5, 5.41) is 16.9. The molecule has 0 saturated carbocycles. The summed E-state index contributed by atoms with van der Waals surface area (Å²) in [6.45, 7) is 0. The molecular formula is C17H11Cl2N5O. The molecule has 0 radical (unpaired) electrons. The molecule has 124 valence electrons. The van der Waals surface area contributed by atoms with E-state index >= 15 is 0 Å². The maximum absolute atomic E-state index is 11.7. The number of aromatic nitrogens is 2. The largest absolute Gasteiger partial charge is 0.364 e. The van der Waals surface area contributed by atoms with Gasteiger partial charge in [-0.2, -0.15) is 10.4 Å². The number of anilines is 2. The van der Waals surface area contributed by atoms with Crippen LogP contribution >= 0.6 is 23.2 Å². The molecule has 3 aromatic rings. The van der Waals surface area contributed by atoms with Gasteiger partial charge in [-0.25, -0.2) is 4.68 Å². The second kappa shape index (κ2) is 6.85. The Labute approximate surface area is 153 Å². The first-order chi connectivity index (χ1) is 12.0. The van der Waals surface area contributed by atoms with Crippen molar-refractivity contribution in [3.63, 3.8) is 0 Å². The van der Waals surface area contributed by atoms with E-state index in [2.05, 4.69) is 10.4 Å². The number of amides is 1. The van der Waals surface area contributed by atoms with Gasteiger partial charge in [-0.05, 0) is 36.4 Å². The summed E-state index contributed by atoms with van der Waals surface area (Å²) < 4.78 is 1.40. The number of rotatable bonds is 4. The van der Waals surface area contributed by atoms with E-state index in [4.69, 9.17) is 34.2 Å². The maximum Gasteiger partial charge on any atom is 0.271 e. The lowest BCUT2D eigenvalue weighted by molar-refractivity contribution is 0.0996. The Bertz CT molecular complexity index is 969. The average molecular weight is 372 g/mol. The lowest BCUT2D eigenvalue weighted by Gasteiger charge is -2.06. The van der Waals surface area contributed by atoms with E-state index in [0.29, 0.717) is 32.7 Å². The van der Waals surface area contributed by atoms with Crippen molar-refractivity contribution < 1.29 is 4.79 Å². The molecule has 0 aliphatic heterocycles. The minimum Gasteiger partial charge on any atom is -0.364 e. The zero-order valence-corrected chi connectivity index (χ0v) is 14.2. The molecule has 25 heavy (non-hydrogen) atoms. The van der Waals surface area contributed by atoms with Gasteiger partial charge in [-0.1, -0.05) is 29.3 Å². The van der Waals surface area contributed by atoms with Crippen LogP contribution in [0.5, 0.6) is 0 Å². The number of nitrogens with zero attached hydrogens (tertiary/aromatic N) is 3. The van der Waals surface area contributed by atoms with Crippen LogP contribution in [0.4, 0.5) is 11.4 Å². The van der Waals surface area contributed by atoms with Gasteiger partial charge in [0.1, 0.15) is 5.69 Å². The fraction of sp³-hybridized carbons (Fsp3) is 0. The van der Waals surface area contributed by atoms with Gasteiger partial charge in [0.05, 0.1) is 33.6 Å². The third-order valence-electron chi connectivity index (χ3n) is 3.41. The third kappa shape index (κ3) is 3.43. The Kier molecular flexibility index (Phi) is 4.61. The quantitative estimate of drug-likeness (QED) is 0.726. The van der Waals surface area contributed by atoms with E-state index in [-0.39, 0.29) is 5.69 Å². The highest BCUT2D eigenvalue weighted by atomic mass is 35.5. The van der Waals surface area contributed by atoms with E-state index in [1.165, 1.54) is 4.68 Å². The molecule has 6 nitrogen and oxygen atoms in total. The molecule has 3 N–H and O–H groups in total. The Morgan fingerprint density at radius 3 is 2.36 bits per heavy atom. The third-order valence-corrected chi connectivity index (χ3v) is 4.02. The molecule has 0 spiro atoms. The van der Waals surface area contributed by atoms with Gasteiger partial charge in [-0.15, -0.1) is 0 Å². The molecule has 1 heterocycles. The van der Waals surface area contributed by atoms with Crippen molar-refractivity contribution >= 4 is 40.5 Å². The van der Waals surface area contributed by atoms with Crippen LogP contribution in [0.3, 0.4) is 0 Å². The second-order valence-electron chi connectivity index (χ2n) is 5.08. The van der Waals surface area contributed by atoms with Crippen LogP contribution in [0.25, 0.3) is 5.69 Å². The molecule has 2 aromatic carbocycles. The van der Waals surface area contributed by atoms with Crippen molar-refractivity contribution in [1.29, 1.82) is 5.26 Å². The number of hydrogen-bond donors (Lipinski definition) is 2. The number of carbonyl (C=O) groups excluding carboxylic acids is 1. The molecule has 0 unspecified atom stereocenters. The summed E-state index contributed by atoms with van der Waals surface area (Å²) >= 11 is 12.4. The number of nitrogens with one attached hydrogen (secondary N) is 1. The predicted molar refractivity (Wildman–Crippen MR) is 96.5 cm³/mol. The average Bonchev–Trinajstić information content (AvgIpc) is 2.99.